The molecule has 0 saturated carbocycles. The van der Waals surface area contributed by atoms with Crippen LogP contribution in [0.25, 0.3) is 0 Å². The van der Waals surface area contributed by atoms with Gasteiger partial charge in [-0.15, -0.1) is 0 Å². The lowest BCUT2D eigenvalue weighted by Crippen LogP contribution is -2.14. The van der Waals surface area contributed by atoms with Crippen molar-refractivity contribution in [1.82, 2.24) is 9.97 Å². The SMILES string of the molecule is Cc1ncc(S(=O)(=O)Nc2cccc(I)c2C)[nH]1. The van der Waals surface area contributed by atoms with E-state index in [1.807, 2.05) is 19.1 Å². The number of nitrogens with zero attached hydrogens (tertiary/aromatic N) is 1. The average Bonchev–Trinajstić information content (AvgIpc) is 2.72. The maximum Gasteiger partial charge on any atom is 0.278 e. The summed E-state index contributed by atoms with van der Waals surface area (Å²) in [6.45, 7) is 3.58. The maximum absolute atomic E-state index is 12.1. The van der Waals surface area contributed by atoms with E-state index in [2.05, 4.69) is 37.3 Å². The summed E-state index contributed by atoms with van der Waals surface area (Å²) >= 11 is 2.17. The van der Waals surface area contributed by atoms with Crippen LogP contribution in [0.1, 0.15) is 11.4 Å². The quantitative estimate of drug-likeness (QED) is 0.807. The van der Waals surface area contributed by atoms with E-state index >= 15 is 0 Å². The van der Waals surface area contributed by atoms with E-state index in [-0.39, 0.29) is 5.03 Å². The Morgan fingerprint density at radius 1 is 1.33 bits per heavy atom. The van der Waals surface area contributed by atoms with Crippen molar-refractivity contribution in [3.63, 3.8) is 0 Å². The number of H-pyrrole nitrogens is 1. The molecule has 0 saturated heterocycles. The fourth-order valence-corrected chi connectivity index (χ4v) is 3.04. The minimum atomic E-state index is -3.60. The molecule has 0 amide bonds. The van der Waals surface area contributed by atoms with E-state index in [0.717, 1.165) is 9.13 Å². The molecule has 0 aliphatic carbocycles. The van der Waals surface area contributed by atoms with Gasteiger partial charge in [0.2, 0.25) is 0 Å². The third-order valence-electron chi connectivity index (χ3n) is 2.48. The number of nitrogens with one attached hydrogen (secondary N) is 2. The van der Waals surface area contributed by atoms with Gasteiger partial charge in [0, 0.05) is 3.57 Å². The summed E-state index contributed by atoms with van der Waals surface area (Å²) in [5, 5.41) is 0.0678. The molecule has 0 bridgehead atoms. The average molecular weight is 377 g/mol. The maximum atomic E-state index is 12.1. The van der Waals surface area contributed by atoms with Gasteiger partial charge in [-0.05, 0) is 54.1 Å². The highest BCUT2D eigenvalue weighted by atomic mass is 127. The molecule has 5 nitrogen and oxygen atoms in total. The van der Waals surface area contributed by atoms with Crippen LogP contribution in [0.2, 0.25) is 0 Å². The molecule has 2 rings (SSSR count). The first-order valence-electron chi connectivity index (χ1n) is 5.20. The van der Waals surface area contributed by atoms with Crippen molar-refractivity contribution in [1.29, 1.82) is 0 Å². The van der Waals surface area contributed by atoms with Gasteiger partial charge in [0.05, 0.1) is 11.9 Å². The number of halogens is 1. The van der Waals surface area contributed by atoms with E-state index in [9.17, 15) is 8.42 Å². The topological polar surface area (TPSA) is 74.8 Å². The summed E-state index contributed by atoms with van der Waals surface area (Å²) in [7, 11) is -3.60. The van der Waals surface area contributed by atoms with Crippen LogP contribution in [0.3, 0.4) is 0 Å². The third kappa shape index (κ3) is 2.66. The van der Waals surface area contributed by atoms with Gasteiger partial charge >= 0.3 is 0 Å². The van der Waals surface area contributed by atoms with Gasteiger partial charge in [-0.1, -0.05) is 6.07 Å². The minimum Gasteiger partial charge on any atom is -0.332 e. The van der Waals surface area contributed by atoms with Crippen LogP contribution < -0.4 is 4.72 Å². The van der Waals surface area contributed by atoms with Crippen LogP contribution >= 0.6 is 22.6 Å². The van der Waals surface area contributed by atoms with Crippen LogP contribution in [0.4, 0.5) is 5.69 Å². The van der Waals surface area contributed by atoms with Crippen LogP contribution in [0.5, 0.6) is 0 Å². The monoisotopic (exact) mass is 377 g/mol. The molecule has 0 atom stereocenters. The summed E-state index contributed by atoms with van der Waals surface area (Å²) < 4.78 is 27.7. The Morgan fingerprint density at radius 3 is 2.67 bits per heavy atom. The van der Waals surface area contributed by atoms with E-state index in [0.29, 0.717) is 11.5 Å². The zero-order chi connectivity index (χ0) is 13.3. The highest BCUT2D eigenvalue weighted by molar-refractivity contribution is 14.1. The van der Waals surface area contributed by atoms with Crippen molar-refractivity contribution in [2.24, 2.45) is 0 Å². The number of hydrogen-bond donors (Lipinski definition) is 2. The molecule has 0 aliphatic rings. The van der Waals surface area contributed by atoms with Crippen LogP contribution in [0.15, 0.2) is 29.4 Å². The van der Waals surface area contributed by atoms with Crippen molar-refractivity contribution in [2.75, 3.05) is 4.72 Å². The zero-order valence-corrected chi connectivity index (χ0v) is 12.8. The summed E-state index contributed by atoms with van der Waals surface area (Å²) in [4.78, 5) is 6.60. The van der Waals surface area contributed by atoms with Crippen molar-refractivity contribution in [3.05, 3.63) is 39.4 Å². The number of sulfonamides is 1. The van der Waals surface area contributed by atoms with Crippen molar-refractivity contribution in [2.45, 2.75) is 18.9 Å². The van der Waals surface area contributed by atoms with Crippen LogP contribution in [-0.4, -0.2) is 18.4 Å². The molecule has 2 N–H and O–H groups in total. The van der Waals surface area contributed by atoms with Gasteiger partial charge in [-0.3, -0.25) is 4.72 Å². The standard InChI is InChI=1S/C11H12IN3O2S/c1-7-9(12)4-3-5-10(7)15-18(16,17)11-6-13-8(2)14-11/h3-6,15H,1-2H3,(H,13,14). The Morgan fingerprint density at radius 2 is 2.06 bits per heavy atom. The molecule has 96 valence electrons. The number of rotatable bonds is 3. The largest absolute Gasteiger partial charge is 0.332 e. The van der Waals surface area contributed by atoms with Crippen molar-refractivity contribution in [3.8, 4) is 0 Å². The number of imidazole rings is 1. The molecular weight excluding hydrogens is 365 g/mol. The number of anilines is 1. The number of aromatic amines is 1. The fourth-order valence-electron chi connectivity index (χ4n) is 1.45. The number of aryl methyl sites for hydroxylation is 1. The summed E-state index contributed by atoms with van der Waals surface area (Å²) in [6.07, 6.45) is 1.31. The second kappa shape index (κ2) is 4.88. The molecule has 0 unspecified atom stereocenters. The number of aromatic nitrogens is 2. The van der Waals surface area contributed by atoms with Gasteiger partial charge in [-0.25, -0.2) is 4.98 Å². The smallest absolute Gasteiger partial charge is 0.278 e. The first kappa shape index (κ1) is 13.3. The fraction of sp³-hybridized carbons (Fsp3) is 0.182. The zero-order valence-electron chi connectivity index (χ0n) is 9.86. The summed E-state index contributed by atoms with van der Waals surface area (Å²) in [5.74, 6) is 0.565. The molecule has 0 radical (unpaired) electrons. The first-order chi connectivity index (χ1) is 8.40. The molecule has 7 heteroatoms. The van der Waals surface area contributed by atoms with Crippen LogP contribution in [-0.2, 0) is 10.0 Å². The van der Waals surface area contributed by atoms with E-state index in [4.69, 9.17) is 0 Å². The molecule has 2 aromatic rings. The first-order valence-corrected chi connectivity index (χ1v) is 7.76. The Bertz CT molecular complexity index is 679. The molecule has 1 aromatic carbocycles. The highest BCUT2D eigenvalue weighted by Gasteiger charge is 2.17. The van der Waals surface area contributed by atoms with E-state index in [1.165, 1.54) is 6.20 Å². The summed E-state index contributed by atoms with van der Waals surface area (Å²) in [5.41, 5.74) is 1.48. The second-order valence-electron chi connectivity index (χ2n) is 3.85. The molecular formula is C11H12IN3O2S. The van der Waals surface area contributed by atoms with E-state index in [1.54, 1.807) is 13.0 Å². The van der Waals surface area contributed by atoms with Gasteiger partial charge < -0.3 is 4.98 Å². The summed E-state index contributed by atoms with van der Waals surface area (Å²) in [6, 6.07) is 5.47. The molecule has 1 aromatic heterocycles. The molecule has 0 fully saturated rings. The Hall–Kier alpha value is -1.09. The second-order valence-corrected chi connectivity index (χ2v) is 6.66. The normalized spacial score (nSPS) is 11.5. The van der Waals surface area contributed by atoms with Crippen molar-refractivity contribution < 1.29 is 8.42 Å². The van der Waals surface area contributed by atoms with Crippen LogP contribution in [0, 0.1) is 17.4 Å². The number of hydrogen-bond acceptors (Lipinski definition) is 3. The lowest BCUT2D eigenvalue weighted by atomic mass is 10.2. The molecule has 0 aliphatic heterocycles. The Balaban J connectivity index is 2.37. The minimum absolute atomic E-state index is 0.0678. The van der Waals surface area contributed by atoms with Gasteiger partial charge in [0.1, 0.15) is 5.82 Å². The lowest BCUT2D eigenvalue weighted by Gasteiger charge is -2.10. The molecule has 0 spiro atoms. The molecule has 18 heavy (non-hydrogen) atoms. The predicted octanol–water partition coefficient (Wildman–Crippen LogP) is 2.43. The lowest BCUT2D eigenvalue weighted by molar-refractivity contribution is 0.598. The van der Waals surface area contributed by atoms with Gasteiger partial charge in [0.15, 0.2) is 5.03 Å². The van der Waals surface area contributed by atoms with Gasteiger partial charge in [-0.2, -0.15) is 8.42 Å². The van der Waals surface area contributed by atoms with Gasteiger partial charge in [0.25, 0.3) is 10.0 Å². The highest BCUT2D eigenvalue weighted by Crippen LogP contribution is 2.22. The predicted molar refractivity (Wildman–Crippen MR) is 78.0 cm³/mol. The van der Waals surface area contributed by atoms with E-state index < -0.39 is 10.0 Å². The number of benzene rings is 1. The third-order valence-corrected chi connectivity index (χ3v) is 4.92. The Kier molecular flexibility index (Phi) is 3.62. The Labute approximate surface area is 119 Å². The van der Waals surface area contributed by atoms with Crippen molar-refractivity contribution >= 4 is 38.3 Å². The molecule has 1 heterocycles.